The Balaban J connectivity index is 1.40. The van der Waals surface area contributed by atoms with Crippen LogP contribution in [0.4, 0.5) is 9.52 Å². The lowest BCUT2D eigenvalue weighted by atomic mass is 10.3. The monoisotopic (exact) mass is 486 g/mol. The van der Waals surface area contributed by atoms with E-state index in [2.05, 4.69) is 25.6 Å². The number of nitrogens with zero attached hydrogens (tertiary/aromatic N) is 5. The van der Waals surface area contributed by atoms with Crippen molar-refractivity contribution in [3.63, 3.8) is 0 Å². The van der Waals surface area contributed by atoms with Crippen LogP contribution in [0.2, 0.25) is 0 Å². The molecule has 5 rings (SSSR count). The van der Waals surface area contributed by atoms with Crippen LogP contribution in [0.15, 0.2) is 64.6 Å². The number of nitrogens with one attached hydrogen (secondary N) is 1. The Morgan fingerprint density at radius 2 is 2.09 bits per heavy atom. The van der Waals surface area contributed by atoms with E-state index < -0.39 is 5.82 Å². The van der Waals surface area contributed by atoms with Gasteiger partial charge in [0.05, 0.1) is 10.2 Å². The van der Waals surface area contributed by atoms with Gasteiger partial charge in [0, 0.05) is 17.0 Å². The van der Waals surface area contributed by atoms with Gasteiger partial charge in [-0.2, -0.15) is 4.52 Å². The molecule has 0 bridgehead atoms. The second-order valence-corrected chi connectivity index (χ2v) is 8.75. The Morgan fingerprint density at radius 3 is 2.94 bits per heavy atom. The number of rotatable bonds is 6. The molecule has 0 aliphatic rings. The molecule has 0 aliphatic heterocycles. The molecule has 160 valence electrons. The number of amides is 1. The first-order valence-electron chi connectivity index (χ1n) is 9.17. The number of anilines is 1. The van der Waals surface area contributed by atoms with Gasteiger partial charge in [-0.3, -0.25) is 4.79 Å². The molecule has 3 heterocycles. The topological polar surface area (TPSA) is 94.3 Å². The lowest BCUT2D eigenvalue weighted by Crippen LogP contribution is -2.11. The number of carbonyl (C=O) groups excluding carboxylic acids is 1. The van der Waals surface area contributed by atoms with E-state index in [1.807, 2.05) is 18.2 Å². The molecule has 0 saturated carbocycles. The minimum Gasteiger partial charge on any atom is -0.437 e. The van der Waals surface area contributed by atoms with Crippen molar-refractivity contribution >= 4 is 61.6 Å². The van der Waals surface area contributed by atoms with Crippen LogP contribution in [0.5, 0.6) is 11.6 Å². The molecule has 0 saturated heterocycles. The van der Waals surface area contributed by atoms with Crippen molar-refractivity contribution in [3.05, 3.63) is 60.4 Å². The van der Waals surface area contributed by atoms with Crippen molar-refractivity contribution < 1.29 is 13.9 Å². The van der Waals surface area contributed by atoms with Gasteiger partial charge in [-0.05, 0) is 48.2 Å². The maximum absolute atomic E-state index is 13.4. The number of hydrogen-bond donors (Lipinski definition) is 1. The molecule has 8 nitrogen and oxygen atoms in total. The van der Waals surface area contributed by atoms with E-state index in [9.17, 15) is 9.18 Å². The van der Waals surface area contributed by atoms with Crippen molar-refractivity contribution in [2.75, 3.05) is 11.2 Å². The van der Waals surface area contributed by atoms with Gasteiger partial charge in [-0.1, -0.05) is 17.4 Å². The molecule has 2 aromatic carbocycles. The molecule has 1 N–H and O–H groups in total. The molecule has 12 heteroatoms. The van der Waals surface area contributed by atoms with Crippen LogP contribution in [0.25, 0.3) is 15.9 Å². The Labute approximate surface area is 193 Å². The largest absolute Gasteiger partial charge is 0.437 e. The number of fused-ring (bicyclic) bond motifs is 2. The quantitative estimate of drug-likeness (QED) is 0.338. The fourth-order valence-corrected chi connectivity index (χ4v) is 4.69. The molecule has 0 spiro atoms. The highest BCUT2D eigenvalue weighted by atomic mass is 35.5. The number of aromatic nitrogens is 5. The second-order valence-electron chi connectivity index (χ2n) is 6.42. The van der Waals surface area contributed by atoms with Gasteiger partial charge >= 0.3 is 0 Å². The van der Waals surface area contributed by atoms with Crippen molar-refractivity contribution in [2.45, 2.75) is 10.1 Å². The molecule has 0 aliphatic carbocycles. The fraction of sp³-hybridized carbons (Fsp3) is 0.0500. The summed E-state index contributed by atoms with van der Waals surface area (Å²) in [6, 6.07) is 14.9. The number of carbonyl (C=O) groups is 1. The lowest BCUT2D eigenvalue weighted by Gasteiger charge is -2.05. The van der Waals surface area contributed by atoms with E-state index in [1.165, 1.54) is 35.2 Å². The minimum atomic E-state index is -0.395. The Bertz CT molecular complexity index is 1460. The van der Waals surface area contributed by atoms with Gasteiger partial charge in [0.15, 0.2) is 10.8 Å². The summed E-state index contributed by atoms with van der Waals surface area (Å²) in [6.07, 6.45) is 0. The van der Waals surface area contributed by atoms with Gasteiger partial charge in [-0.25, -0.2) is 9.37 Å². The fourth-order valence-electron chi connectivity index (χ4n) is 2.80. The highest BCUT2D eigenvalue weighted by Gasteiger charge is 2.13. The highest BCUT2D eigenvalue weighted by Crippen LogP contribution is 2.33. The second kappa shape index (κ2) is 8.69. The third kappa shape index (κ3) is 4.35. The summed E-state index contributed by atoms with van der Waals surface area (Å²) in [7, 11) is 0. The highest BCUT2D eigenvalue weighted by molar-refractivity contribution is 7.99. The molecule has 0 radical (unpaired) electrons. The number of ether oxygens (including phenoxy) is 1. The summed E-state index contributed by atoms with van der Waals surface area (Å²) in [5.41, 5.74) is 1.31. The lowest BCUT2D eigenvalue weighted by molar-refractivity contribution is -0.113. The normalized spacial score (nSPS) is 11.2. The van der Waals surface area contributed by atoms with E-state index in [-0.39, 0.29) is 17.7 Å². The van der Waals surface area contributed by atoms with Gasteiger partial charge < -0.3 is 10.1 Å². The number of halogens is 2. The molecule has 5 aromatic rings. The summed E-state index contributed by atoms with van der Waals surface area (Å²) in [5.74, 6) is -0.214. The zero-order valence-corrected chi connectivity index (χ0v) is 18.4. The van der Waals surface area contributed by atoms with Crippen LogP contribution in [0.1, 0.15) is 0 Å². The zero-order chi connectivity index (χ0) is 22.1. The first kappa shape index (κ1) is 20.6. The first-order valence-corrected chi connectivity index (χ1v) is 11.3. The Kier molecular flexibility index (Phi) is 5.60. The molecule has 32 heavy (non-hydrogen) atoms. The molecule has 1 amide bonds. The smallest absolute Gasteiger partial charge is 0.241 e. The summed E-state index contributed by atoms with van der Waals surface area (Å²) >= 11 is 8.25. The van der Waals surface area contributed by atoms with Crippen LogP contribution in [-0.4, -0.2) is 36.6 Å². The van der Waals surface area contributed by atoms with Gasteiger partial charge in [-0.15, -0.1) is 26.9 Å². The van der Waals surface area contributed by atoms with Gasteiger partial charge in [0.1, 0.15) is 17.4 Å². The third-order valence-corrected chi connectivity index (χ3v) is 6.27. The Hall–Kier alpha value is -3.28. The maximum Gasteiger partial charge on any atom is 0.241 e. The molecule has 0 atom stereocenters. The summed E-state index contributed by atoms with van der Waals surface area (Å²) < 4.78 is 21.5. The number of thiazole rings is 1. The molecule has 3 aromatic heterocycles. The summed E-state index contributed by atoms with van der Waals surface area (Å²) in [5, 5.41) is 16.4. The van der Waals surface area contributed by atoms with Crippen molar-refractivity contribution in [2.24, 2.45) is 0 Å². The standard InChI is InChI=1S/C20H12ClFN6O2S2/c21-10-17(29)24-19-23-14-5-4-13(9-15(14)32-19)31-20-26-25-16-6-7-18(27-28(16)20)30-12-3-1-2-11(22)8-12/h1-9H,10H2,(H,23,24,29). The number of benzene rings is 2. The predicted octanol–water partition coefficient (Wildman–Crippen LogP) is 4.99. The van der Waals surface area contributed by atoms with Crippen molar-refractivity contribution in [3.8, 4) is 11.6 Å². The van der Waals surface area contributed by atoms with Crippen molar-refractivity contribution in [1.29, 1.82) is 0 Å². The first-order chi connectivity index (χ1) is 15.6. The number of hydrogen-bond acceptors (Lipinski definition) is 8. The average molecular weight is 487 g/mol. The average Bonchev–Trinajstić information content (AvgIpc) is 3.36. The number of alkyl halides is 1. The molecular formula is C20H12ClFN6O2S2. The van der Waals surface area contributed by atoms with Crippen LogP contribution in [0, 0.1) is 5.82 Å². The van der Waals surface area contributed by atoms with Crippen molar-refractivity contribution in [1.82, 2.24) is 24.8 Å². The van der Waals surface area contributed by atoms with E-state index in [0.29, 0.717) is 21.7 Å². The van der Waals surface area contributed by atoms with Crippen LogP contribution in [0.3, 0.4) is 0 Å². The molecule has 0 unspecified atom stereocenters. The molecular weight excluding hydrogens is 475 g/mol. The Morgan fingerprint density at radius 1 is 1.19 bits per heavy atom. The van der Waals surface area contributed by atoms with E-state index in [1.54, 1.807) is 28.8 Å². The van der Waals surface area contributed by atoms with E-state index >= 15 is 0 Å². The minimum absolute atomic E-state index is 0.130. The predicted molar refractivity (Wildman–Crippen MR) is 120 cm³/mol. The summed E-state index contributed by atoms with van der Waals surface area (Å²) in [6.45, 7) is 0. The van der Waals surface area contributed by atoms with Crippen LogP contribution in [-0.2, 0) is 4.79 Å². The maximum atomic E-state index is 13.4. The van der Waals surface area contributed by atoms with Gasteiger partial charge in [0.25, 0.3) is 0 Å². The van der Waals surface area contributed by atoms with Crippen LogP contribution >= 0.6 is 34.7 Å². The third-order valence-electron chi connectivity index (χ3n) is 4.17. The van der Waals surface area contributed by atoms with Gasteiger partial charge in [0.2, 0.25) is 16.9 Å². The molecule has 0 fully saturated rings. The summed E-state index contributed by atoms with van der Waals surface area (Å²) in [4.78, 5) is 16.8. The zero-order valence-electron chi connectivity index (χ0n) is 16.0. The van der Waals surface area contributed by atoms with Crippen LogP contribution < -0.4 is 10.1 Å². The van der Waals surface area contributed by atoms with E-state index in [4.69, 9.17) is 16.3 Å². The SMILES string of the molecule is O=C(CCl)Nc1nc2ccc(Sc3nnc4ccc(Oc5cccc(F)c5)nn34)cc2s1. The van der Waals surface area contributed by atoms with E-state index in [0.717, 1.165) is 15.1 Å².